The van der Waals surface area contributed by atoms with Crippen molar-refractivity contribution < 1.29 is 27.1 Å². The first-order valence-corrected chi connectivity index (χ1v) is 19.5. The van der Waals surface area contributed by atoms with E-state index in [2.05, 4.69) is 26.3 Å². The van der Waals surface area contributed by atoms with Gasteiger partial charge in [0.15, 0.2) is 11.6 Å². The third-order valence-corrected chi connectivity index (χ3v) is 13.0. The zero-order valence-corrected chi connectivity index (χ0v) is 30.9. The summed E-state index contributed by atoms with van der Waals surface area (Å²) in [5, 5.41) is 0. The molecule has 1 aromatic carbocycles. The maximum Gasteiger partial charge on any atom is 0.282 e. The van der Waals surface area contributed by atoms with Gasteiger partial charge in [-0.15, -0.1) is 0 Å². The molecule has 1 aromatic heterocycles. The Kier molecular flexibility index (Phi) is 11.3. The van der Waals surface area contributed by atoms with Gasteiger partial charge in [0.05, 0.1) is 11.8 Å². The van der Waals surface area contributed by atoms with Gasteiger partial charge in [-0.3, -0.25) is 9.59 Å². The molecule has 4 fully saturated rings. The Morgan fingerprint density at radius 2 is 1.71 bits per heavy atom. The van der Waals surface area contributed by atoms with Crippen LogP contribution in [0.3, 0.4) is 0 Å². The Hall–Kier alpha value is -3.66. The summed E-state index contributed by atoms with van der Waals surface area (Å²) in [6.07, 6.45) is 8.18. The molecule has 2 amide bonds. The summed E-state index contributed by atoms with van der Waals surface area (Å²) < 4.78 is 50.3. The number of halogens is 1. The van der Waals surface area contributed by atoms with Crippen molar-refractivity contribution in [3.05, 3.63) is 54.8 Å². The van der Waals surface area contributed by atoms with Gasteiger partial charge in [0.2, 0.25) is 5.91 Å². The Morgan fingerprint density at radius 3 is 2.33 bits per heavy atom. The molecule has 6 rings (SSSR count). The van der Waals surface area contributed by atoms with Gasteiger partial charge < -0.3 is 24.3 Å². The van der Waals surface area contributed by atoms with Crippen molar-refractivity contribution in [3.63, 3.8) is 0 Å². The van der Waals surface area contributed by atoms with Crippen LogP contribution in [0.1, 0.15) is 56.8 Å². The summed E-state index contributed by atoms with van der Waals surface area (Å²) in [6, 6.07) is 3.95. The Balaban J connectivity index is 0.985. The highest BCUT2D eigenvalue weighted by Gasteiger charge is 2.46. The number of nitrogens with zero attached hydrogens (tertiary/aromatic N) is 8. The van der Waals surface area contributed by atoms with Crippen molar-refractivity contribution >= 4 is 27.8 Å². The van der Waals surface area contributed by atoms with Crippen LogP contribution in [0.4, 0.5) is 10.2 Å². The molecule has 2 aromatic rings. The summed E-state index contributed by atoms with van der Waals surface area (Å²) in [5.41, 5.74) is 0.351. The second-order valence-corrected chi connectivity index (χ2v) is 16.5. The maximum absolute atomic E-state index is 14.3. The molecular formula is C36H51FN8O5S. The molecule has 0 saturated carbocycles. The Morgan fingerprint density at radius 1 is 1.04 bits per heavy atom. The second-order valence-electron chi connectivity index (χ2n) is 14.6. The van der Waals surface area contributed by atoms with Crippen LogP contribution in [0.2, 0.25) is 0 Å². The molecule has 278 valence electrons. The van der Waals surface area contributed by atoms with E-state index >= 15 is 0 Å². The predicted molar refractivity (Wildman–Crippen MR) is 192 cm³/mol. The predicted octanol–water partition coefficient (Wildman–Crippen LogP) is 3.47. The molecule has 15 heteroatoms. The number of carbonyl (C=O) groups is 2. The van der Waals surface area contributed by atoms with E-state index in [0.29, 0.717) is 63.3 Å². The highest BCUT2D eigenvalue weighted by atomic mass is 32.2. The van der Waals surface area contributed by atoms with Crippen molar-refractivity contribution in [2.75, 3.05) is 83.4 Å². The van der Waals surface area contributed by atoms with Crippen molar-refractivity contribution in [2.24, 2.45) is 11.3 Å². The van der Waals surface area contributed by atoms with Crippen molar-refractivity contribution in [3.8, 4) is 11.5 Å². The topological polar surface area (TPSA) is 123 Å². The quantitative estimate of drug-likeness (QED) is 0.321. The number of likely N-dealkylation sites (tertiary alicyclic amines) is 1. The van der Waals surface area contributed by atoms with Crippen LogP contribution < -0.4 is 9.64 Å². The van der Waals surface area contributed by atoms with E-state index in [-0.39, 0.29) is 34.6 Å². The number of piperazine rings is 1. The minimum Gasteiger partial charge on any atom is -0.451 e. The van der Waals surface area contributed by atoms with Crippen LogP contribution >= 0.6 is 0 Å². The average Bonchev–Trinajstić information content (AvgIpc) is 3.12. The monoisotopic (exact) mass is 726 g/mol. The number of anilines is 1. The maximum atomic E-state index is 14.3. The highest BCUT2D eigenvalue weighted by molar-refractivity contribution is 7.86. The fraction of sp³-hybridized carbons (Fsp3) is 0.611. The molecule has 5 heterocycles. The molecule has 0 N–H and O–H groups in total. The van der Waals surface area contributed by atoms with Crippen LogP contribution in [-0.2, 0) is 15.0 Å². The summed E-state index contributed by atoms with van der Waals surface area (Å²) in [7, 11) is -3.54. The number of carbonyl (C=O) groups excluding carboxylic acids is 2. The first-order chi connectivity index (χ1) is 24.4. The number of piperidine rings is 2. The summed E-state index contributed by atoms with van der Waals surface area (Å²) in [5.74, 6) is 0.854. The fourth-order valence-electron chi connectivity index (χ4n) is 7.95. The number of ether oxygens (including phenoxy) is 1. The van der Waals surface area contributed by atoms with E-state index in [1.807, 2.05) is 20.8 Å². The first-order valence-electron chi connectivity index (χ1n) is 18.2. The molecule has 51 heavy (non-hydrogen) atoms. The lowest BCUT2D eigenvalue weighted by Gasteiger charge is -2.54. The van der Waals surface area contributed by atoms with Gasteiger partial charge in [-0.2, -0.15) is 17.0 Å². The van der Waals surface area contributed by atoms with E-state index < -0.39 is 16.0 Å². The normalized spacial score (nSPS) is 20.7. The van der Waals surface area contributed by atoms with Crippen LogP contribution in [0.15, 0.2) is 43.4 Å². The molecule has 0 unspecified atom stereocenters. The third kappa shape index (κ3) is 8.06. The molecule has 4 saturated heterocycles. The molecule has 4 aliphatic rings. The lowest BCUT2D eigenvalue weighted by molar-refractivity contribution is -0.127. The van der Waals surface area contributed by atoms with Gasteiger partial charge in [0, 0.05) is 76.9 Å². The zero-order chi connectivity index (χ0) is 36.3. The van der Waals surface area contributed by atoms with E-state index in [1.54, 1.807) is 20.3 Å². The van der Waals surface area contributed by atoms with Crippen molar-refractivity contribution in [1.82, 2.24) is 33.3 Å². The largest absolute Gasteiger partial charge is 0.451 e. The Labute approximate surface area is 301 Å². The Bertz CT molecular complexity index is 1680. The van der Waals surface area contributed by atoms with Gasteiger partial charge in [-0.05, 0) is 89.7 Å². The average molecular weight is 727 g/mol. The molecule has 0 atom stereocenters. The number of rotatable bonds is 11. The van der Waals surface area contributed by atoms with Gasteiger partial charge >= 0.3 is 0 Å². The molecule has 4 aliphatic heterocycles. The van der Waals surface area contributed by atoms with Crippen LogP contribution in [0, 0.1) is 17.2 Å². The standard InChI is InChI=1S/C36H51FN8O5S/c1-5-33(46)41-17-19-44(20-18-41)51(48,49)43-13-9-28(10-14-43)23-40-15-11-36(12-16-40)24-42(25-36)34-32(22-38-26-39-34)50-31-8-7-29(37)21-30(31)35(47)45(6-2)27(3)4/h5,7-8,21-22,26-28H,1,6,9-20,23-25H2,2-4H3. The third-order valence-electron chi connectivity index (χ3n) is 11.0. The van der Waals surface area contributed by atoms with Gasteiger partial charge in [0.1, 0.15) is 17.9 Å². The molecule has 0 aliphatic carbocycles. The van der Waals surface area contributed by atoms with Gasteiger partial charge in [0.25, 0.3) is 16.1 Å². The van der Waals surface area contributed by atoms with E-state index in [1.165, 1.54) is 34.9 Å². The molecule has 13 nitrogen and oxygen atoms in total. The fourth-order valence-corrected chi connectivity index (χ4v) is 9.58. The van der Waals surface area contributed by atoms with Crippen LogP contribution in [-0.4, -0.2) is 138 Å². The van der Waals surface area contributed by atoms with E-state index in [0.717, 1.165) is 58.4 Å². The lowest BCUT2D eigenvalue weighted by Crippen LogP contribution is -2.61. The summed E-state index contributed by atoms with van der Waals surface area (Å²) in [6.45, 7) is 16.9. The molecule has 0 bridgehead atoms. The van der Waals surface area contributed by atoms with E-state index in [9.17, 15) is 22.4 Å². The van der Waals surface area contributed by atoms with Gasteiger partial charge in [-0.1, -0.05) is 6.58 Å². The number of hydrogen-bond acceptors (Lipinski definition) is 9. The molecular weight excluding hydrogens is 676 g/mol. The minimum absolute atomic E-state index is 0.0509. The number of aromatic nitrogens is 2. The zero-order valence-electron chi connectivity index (χ0n) is 30.0. The SMILES string of the molecule is C=CC(=O)N1CCN(S(=O)(=O)N2CCC(CN3CCC4(CC3)CN(c3ncncc3Oc3ccc(F)cc3C(=O)N(CC)C(C)C)C4)CC2)CC1. The van der Waals surface area contributed by atoms with E-state index in [4.69, 9.17) is 4.74 Å². The first kappa shape index (κ1) is 37.1. The lowest BCUT2D eigenvalue weighted by atomic mass is 9.72. The smallest absolute Gasteiger partial charge is 0.282 e. The van der Waals surface area contributed by atoms with Crippen molar-refractivity contribution in [1.29, 1.82) is 0 Å². The van der Waals surface area contributed by atoms with Gasteiger partial charge in [-0.25, -0.2) is 14.4 Å². The molecule has 0 radical (unpaired) electrons. The second kappa shape index (κ2) is 15.5. The van der Waals surface area contributed by atoms with Crippen molar-refractivity contribution in [2.45, 2.75) is 52.5 Å². The number of hydrogen-bond donors (Lipinski definition) is 0. The highest BCUT2D eigenvalue weighted by Crippen LogP contribution is 2.45. The number of benzene rings is 1. The summed E-state index contributed by atoms with van der Waals surface area (Å²) >= 11 is 0. The minimum atomic E-state index is -3.54. The van der Waals surface area contributed by atoms with Crippen LogP contribution in [0.5, 0.6) is 11.5 Å². The van der Waals surface area contributed by atoms with Crippen LogP contribution in [0.25, 0.3) is 0 Å². The number of amides is 2. The summed E-state index contributed by atoms with van der Waals surface area (Å²) in [4.78, 5) is 42.0. The molecule has 1 spiro atoms.